The lowest BCUT2D eigenvalue weighted by Gasteiger charge is -1.98. The summed E-state index contributed by atoms with van der Waals surface area (Å²) in [5.74, 6) is -2.85. The Morgan fingerprint density at radius 2 is 1.94 bits per heavy atom. The topological polar surface area (TPSA) is 60.2 Å². The van der Waals surface area contributed by atoms with Gasteiger partial charge in [0.2, 0.25) is 0 Å². The zero-order valence-electron chi connectivity index (χ0n) is 8.24. The molecule has 0 heterocycles. The lowest BCUT2D eigenvalue weighted by Crippen LogP contribution is -1.95. The minimum Gasteiger partial charge on any atom is -0.295 e. The van der Waals surface area contributed by atoms with Gasteiger partial charge in [-0.15, -0.1) is 0 Å². The third-order valence-corrected chi connectivity index (χ3v) is 1.76. The van der Waals surface area contributed by atoms with Crippen LogP contribution in [0.1, 0.15) is 12.5 Å². The number of halogens is 2. The first-order chi connectivity index (χ1) is 7.41. The fraction of sp³-hybridized carbons (Fsp3) is 0.100. The van der Waals surface area contributed by atoms with Crippen molar-refractivity contribution in [3.8, 4) is 0 Å². The molecule has 0 atom stereocenters. The Hall–Kier alpha value is -2.11. The molecule has 0 N–H and O–H groups in total. The van der Waals surface area contributed by atoms with Crippen LogP contribution in [0.2, 0.25) is 0 Å². The van der Waals surface area contributed by atoms with Crippen molar-refractivity contribution in [1.29, 1.82) is 0 Å². The predicted molar refractivity (Wildman–Crippen MR) is 52.7 cm³/mol. The van der Waals surface area contributed by atoms with E-state index in [0.717, 1.165) is 12.2 Å². The molecule has 1 aromatic carbocycles. The molecule has 0 aliphatic carbocycles. The number of nitro benzene ring substituents is 1. The van der Waals surface area contributed by atoms with Crippen molar-refractivity contribution in [1.82, 2.24) is 0 Å². The fourth-order valence-corrected chi connectivity index (χ4v) is 1.05. The van der Waals surface area contributed by atoms with Crippen LogP contribution in [-0.4, -0.2) is 10.7 Å². The zero-order valence-corrected chi connectivity index (χ0v) is 8.24. The van der Waals surface area contributed by atoms with Gasteiger partial charge in [-0.05, 0) is 25.1 Å². The average molecular weight is 227 g/mol. The summed E-state index contributed by atoms with van der Waals surface area (Å²) in [6.07, 6.45) is 2.11. The molecule has 0 spiro atoms. The standard InChI is InChI=1S/C10H7F2NO3/c1-6(14)2-3-7-4-8(11)9(12)5-10(7)13(15)16/h2-5H,1H3/b3-2+. The molecular formula is C10H7F2NO3. The number of hydrogen-bond acceptors (Lipinski definition) is 3. The molecule has 6 heteroatoms. The Bertz CT molecular complexity index is 483. The van der Waals surface area contributed by atoms with E-state index in [-0.39, 0.29) is 11.3 Å². The Morgan fingerprint density at radius 3 is 2.44 bits per heavy atom. The molecule has 84 valence electrons. The summed E-state index contributed by atoms with van der Waals surface area (Å²) >= 11 is 0. The van der Waals surface area contributed by atoms with Gasteiger partial charge in [-0.1, -0.05) is 0 Å². The molecule has 0 aliphatic heterocycles. The van der Waals surface area contributed by atoms with Crippen molar-refractivity contribution in [2.24, 2.45) is 0 Å². The minimum absolute atomic E-state index is 0.154. The maximum Gasteiger partial charge on any atom is 0.279 e. The van der Waals surface area contributed by atoms with Crippen LogP contribution < -0.4 is 0 Å². The first kappa shape index (κ1) is 12.0. The molecule has 1 rings (SSSR count). The van der Waals surface area contributed by atoms with E-state index in [0.29, 0.717) is 12.1 Å². The SMILES string of the molecule is CC(=O)/C=C/c1cc(F)c(F)cc1[N+](=O)[O-]. The average Bonchev–Trinajstić information content (AvgIpc) is 2.18. The highest BCUT2D eigenvalue weighted by Gasteiger charge is 2.16. The summed E-state index contributed by atoms with van der Waals surface area (Å²) in [6, 6.07) is 1.15. The number of hydrogen-bond donors (Lipinski definition) is 0. The van der Waals surface area contributed by atoms with Crippen molar-refractivity contribution in [3.63, 3.8) is 0 Å². The van der Waals surface area contributed by atoms with Crippen LogP contribution in [0.3, 0.4) is 0 Å². The van der Waals surface area contributed by atoms with Gasteiger partial charge in [0, 0.05) is 0 Å². The first-order valence-electron chi connectivity index (χ1n) is 4.24. The molecule has 0 aromatic heterocycles. The van der Waals surface area contributed by atoms with Crippen LogP contribution in [0.25, 0.3) is 6.08 Å². The van der Waals surface area contributed by atoms with Crippen LogP contribution in [0.15, 0.2) is 18.2 Å². The van der Waals surface area contributed by atoms with E-state index < -0.39 is 22.2 Å². The molecule has 1 aromatic rings. The monoisotopic (exact) mass is 227 g/mol. The molecule has 0 saturated carbocycles. The van der Waals surface area contributed by atoms with E-state index >= 15 is 0 Å². The second kappa shape index (κ2) is 4.61. The lowest BCUT2D eigenvalue weighted by molar-refractivity contribution is -0.385. The van der Waals surface area contributed by atoms with Crippen molar-refractivity contribution in [2.75, 3.05) is 0 Å². The van der Waals surface area contributed by atoms with Crippen LogP contribution in [0.5, 0.6) is 0 Å². The number of benzene rings is 1. The highest BCUT2D eigenvalue weighted by Crippen LogP contribution is 2.23. The first-order valence-corrected chi connectivity index (χ1v) is 4.24. The molecule has 0 unspecified atom stereocenters. The smallest absolute Gasteiger partial charge is 0.279 e. The summed E-state index contributed by atoms with van der Waals surface area (Å²) in [5, 5.41) is 10.5. The second-order valence-corrected chi connectivity index (χ2v) is 3.03. The number of nitro groups is 1. The van der Waals surface area contributed by atoms with Gasteiger partial charge in [0.1, 0.15) is 0 Å². The summed E-state index contributed by atoms with van der Waals surface area (Å²) in [4.78, 5) is 20.3. The van der Waals surface area contributed by atoms with Crippen molar-refractivity contribution in [2.45, 2.75) is 6.92 Å². The molecule has 0 fully saturated rings. The molecular weight excluding hydrogens is 220 g/mol. The number of allylic oxidation sites excluding steroid dienone is 1. The molecule has 0 saturated heterocycles. The quantitative estimate of drug-likeness (QED) is 0.452. The second-order valence-electron chi connectivity index (χ2n) is 3.03. The van der Waals surface area contributed by atoms with E-state index in [1.807, 2.05) is 0 Å². The Kier molecular flexibility index (Phi) is 3.44. The van der Waals surface area contributed by atoms with Crippen LogP contribution in [0.4, 0.5) is 14.5 Å². The maximum atomic E-state index is 12.8. The Labute approximate surface area is 89.3 Å². The number of carbonyl (C=O) groups excluding carboxylic acids is 1. The van der Waals surface area contributed by atoms with Crippen molar-refractivity contribution >= 4 is 17.5 Å². The number of carbonyl (C=O) groups is 1. The maximum absolute atomic E-state index is 12.8. The molecule has 4 nitrogen and oxygen atoms in total. The summed E-state index contributed by atoms with van der Waals surface area (Å²) in [5.41, 5.74) is -0.740. The third kappa shape index (κ3) is 2.69. The number of rotatable bonds is 3. The molecule has 0 radical (unpaired) electrons. The molecule has 16 heavy (non-hydrogen) atoms. The Balaban J connectivity index is 3.30. The predicted octanol–water partition coefficient (Wildman–Crippen LogP) is 2.48. The van der Waals surface area contributed by atoms with Gasteiger partial charge < -0.3 is 0 Å². The fourth-order valence-electron chi connectivity index (χ4n) is 1.05. The highest BCUT2D eigenvalue weighted by molar-refractivity contribution is 5.92. The number of nitrogens with zero attached hydrogens (tertiary/aromatic N) is 1. The van der Waals surface area contributed by atoms with Gasteiger partial charge in [-0.2, -0.15) is 0 Å². The minimum atomic E-state index is -1.30. The van der Waals surface area contributed by atoms with Crippen LogP contribution >= 0.6 is 0 Å². The van der Waals surface area contributed by atoms with E-state index in [2.05, 4.69) is 0 Å². The zero-order chi connectivity index (χ0) is 12.3. The normalized spacial score (nSPS) is 10.7. The molecule has 0 amide bonds. The van der Waals surface area contributed by atoms with Gasteiger partial charge in [-0.3, -0.25) is 14.9 Å². The van der Waals surface area contributed by atoms with Crippen molar-refractivity contribution in [3.05, 3.63) is 45.5 Å². The van der Waals surface area contributed by atoms with Gasteiger partial charge >= 0.3 is 0 Å². The van der Waals surface area contributed by atoms with Crippen molar-refractivity contribution < 1.29 is 18.5 Å². The molecule has 0 aliphatic rings. The number of ketones is 1. The highest BCUT2D eigenvalue weighted by atomic mass is 19.2. The summed E-state index contributed by atoms with van der Waals surface area (Å²) in [6.45, 7) is 1.24. The van der Waals surface area contributed by atoms with E-state index in [1.54, 1.807) is 0 Å². The lowest BCUT2D eigenvalue weighted by atomic mass is 10.1. The molecule has 0 bridgehead atoms. The van der Waals surface area contributed by atoms with Gasteiger partial charge in [0.05, 0.1) is 16.6 Å². The summed E-state index contributed by atoms with van der Waals surface area (Å²) in [7, 11) is 0. The Morgan fingerprint density at radius 1 is 1.38 bits per heavy atom. The largest absolute Gasteiger partial charge is 0.295 e. The van der Waals surface area contributed by atoms with Crippen LogP contribution in [-0.2, 0) is 4.79 Å². The van der Waals surface area contributed by atoms with Gasteiger partial charge in [0.25, 0.3) is 5.69 Å². The van der Waals surface area contributed by atoms with E-state index in [4.69, 9.17) is 0 Å². The van der Waals surface area contributed by atoms with E-state index in [9.17, 15) is 23.7 Å². The van der Waals surface area contributed by atoms with Gasteiger partial charge in [0.15, 0.2) is 17.4 Å². The van der Waals surface area contributed by atoms with E-state index in [1.165, 1.54) is 6.92 Å². The third-order valence-electron chi connectivity index (χ3n) is 1.76. The van der Waals surface area contributed by atoms with Crippen LogP contribution in [0, 0.1) is 21.7 Å². The summed E-state index contributed by atoms with van der Waals surface area (Å²) < 4.78 is 25.6. The van der Waals surface area contributed by atoms with Gasteiger partial charge in [-0.25, -0.2) is 8.78 Å².